The zero-order valence-corrected chi connectivity index (χ0v) is 13.0. The fourth-order valence-electron chi connectivity index (χ4n) is 2.82. The molecular formula is C15H18N4O5. The Morgan fingerprint density at radius 1 is 1.46 bits per heavy atom. The Labute approximate surface area is 138 Å². The number of hydrogen-bond donors (Lipinski definition) is 2. The standard InChI is InChI=1S/C15H18N4O5/c1-24-15(23)10(7-9-5-3-2-4-6-9)19-13(11(21)8-20)12(14(19)22)17-18-16/h2-6,10-13,20-21H,7-8H2,1H3/t10-,11-,12-,13+/m1/s1. The van der Waals surface area contributed by atoms with Gasteiger partial charge in [0.25, 0.3) is 0 Å². The number of β-lactam (4-membered cyclic amide) rings is 1. The molecule has 9 nitrogen and oxygen atoms in total. The molecule has 1 aromatic carbocycles. The Balaban J connectivity index is 2.31. The van der Waals surface area contributed by atoms with Crippen molar-refractivity contribution in [2.24, 2.45) is 5.11 Å². The number of carbonyl (C=O) groups excluding carboxylic acids is 2. The van der Waals surface area contributed by atoms with Crippen molar-refractivity contribution in [3.8, 4) is 0 Å². The molecular weight excluding hydrogens is 316 g/mol. The SMILES string of the molecule is COC(=O)[C@@H](Cc1ccccc1)N1C(=O)[C@H](N=[N+]=[N-])[C@@H]1[C@H](O)CO. The van der Waals surface area contributed by atoms with E-state index in [1.165, 1.54) is 7.11 Å². The lowest BCUT2D eigenvalue weighted by Crippen LogP contribution is -2.73. The largest absolute Gasteiger partial charge is 0.467 e. The van der Waals surface area contributed by atoms with E-state index >= 15 is 0 Å². The first kappa shape index (κ1) is 17.7. The second-order valence-electron chi connectivity index (χ2n) is 5.36. The van der Waals surface area contributed by atoms with Crippen LogP contribution in [0.5, 0.6) is 0 Å². The van der Waals surface area contributed by atoms with Crippen molar-refractivity contribution in [3.63, 3.8) is 0 Å². The van der Waals surface area contributed by atoms with E-state index in [0.29, 0.717) is 0 Å². The Morgan fingerprint density at radius 2 is 2.12 bits per heavy atom. The number of carbonyl (C=O) groups is 2. The van der Waals surface area contributed by atoms with E-state index in [1.807, 2.05) is 6.07 Å². The van der Waals surface area contributed by atoms with Gasteiger partial charge in [-0.05, 0) is 11.1 Å². The lowest BCUT2D eigenvalue weighted by molar-refractivity contribution is -0.173. The van der Waals surface area contributed by atoms with E-state index in [-0.39, 0.29) is 6.42 Å². The van der Waals surface area contributed by atoms with Gasteiger partial charge in [-0.3, -0.25) is 4.79 Å². The number of amides is 1. The van der Waals surface area contributed by atoms with E-state index < -0.39 is 42.7 Å². The summed E-state index contributed by atoms with van der Waals surface area (Å²) in [6, 6.07) is 5.88. The van der Waals surface area contributed by atoms with Crippen molar-refractivity contribution in [1.82, 2.24) is 4.90 Å². The van der Waals surface area contributed by atoms with E-state index in [2.05, 4.69) is 10.0 Å². The van der Waals surface area contributed by atoms with Gasteiger partial charge in [0.1, 0.15) is 12.1 Å². The van der Waals surface area contributed by atoms with Crippen LogP contribution in [-0.2, 0) is 20.7 Å². The van der Waals surface area contributed by atoms with Gasteiger partial charge in [-0.25, -0.2) is 4.79 Å². The molecule has 1 heterocycles. The van der Waals surface area contributed by atoms with Gasteiger partial charge in [-0.1, -0.05) is 35.4 Å². The summed E-state index contributed by atoms with van der Waals surface area (Å²) in [5.74, 6) is -1.24. The summed E-state index contributed by atoms with van der Waals surface area (Å²) in [5.41, 5.74) is 9.36. The fraction of sp³-hybridized carbons (Fsp3) is 0.467. The van der Waals surface area contributed by atoms with Gasteiger partial charge < -0.3 is 19.8 Å². The Hall–Kier alpha value is -2.61. The van der Waals surface area contributed by atoms with Crippen LogP contribution in [0.2, 0.25) is 0 Å². The Morgan fingerprint density at radius 3 is 2.67 bits per heavy atom. The number of rotatable bonds is 7. The van der Waals surface area contributed by atoms with Crippen LogP contribution in [0.4, 0.5) is 0 Å². The number of ether oxygens (including phenoxy) is 1. The topological polar surface area (TPSA) is 136 Å². The van der Waals surface area contributed by atoms with Crippen LogP contribution in [0.25, 0.3) is 10.4 Å². The molecule has 0 unspecified atom stereocenters. The molecule has 4 atom stereocenters. The van der Waals surface area contributed by atoms with Crippen LogP contribution in [0.3, 0.4) is 0 Å². The van der Waals surface area contributed by atoms with Gasteiger partial charge >= 0.3 is 5.97 Å². The maximum Gasteiger partial charge on any atom is 0.328 e. The first-order chi connectivity index (χ1) is 11.5. The van der Waals surface area contributed by atoms with E-state index in [9.17, 15) is 19.8 Å². The second-order valence-corrected chi connectivity index (χ2v) is 5.36. The number of nitrogens with zero attached hydrogens (tertiary/aromatic N) is 4. The third kappa shape index (κ3) is 3.33. The molecule has 0 bridgehead atoms. The molecule has 1 fully saturated rings. The molecule has 9 heteroatoms. The number of benzene rings is 1. The predicted molar refractivity (Wildman–Crippen MR) is 82.6 cm³/mol. The van der Waals surface area contributed by atoms with Crippen molar-refractivity contribution in [2.45, 2.75) is 30.7 Å². The number of azide groups is 1. The minimum absolute atomic E-state index is 0.177. The monoisotopic (exact) mass is 334 g/mol. The van der Waals surface area contributed by atoms with Crippen molar-refractivity contribution >= 4 is 11.9 Å². The summed E-state index contributed by atoms with van der Waals surface area (Å²) < 4.78 is 4.77. The molecule has 2 rings (SSSR count). The van der Waals surface area contributed by atoms with Crippen LogP contribution >= 0.6 is 0 Å². The molecule has 0 radical (unpaired) electrons. The number of likely N-dealkylation sites (tertiary alicyclic amines) is 1. The van der Waals surface area contributed by atoms with Crippen LogP contribution in [-0.4, -0.2) is 64.9 Å². The molecule has 0 spiro atoms. The fourth-order valence-corrected chi connectivity index (χ4v) is 2.82. The molecule has 2 N–H and O–H groups in total. The van der Waals surface area contributed by atoms with Crippen molar-refractivity contribution < 1.29 is 24.5 Å². The molecule has 24 heavy (non-hydrogen) atoms. The molecule has 128 valence electrons. The predicted octanol–water partition coefficient (Wildman–Crippen LogP) is 0.0136. The van der Waals surface area contributed by atoms with Gasteiger partial charge in [0.2, 0.25) is 5.91 Å². The van der Waals surface area contributed by atoms with Gasteiger partial charge in [0, 0.05) is 11.3 Å². The molecule has 1 aliphatic rings. The molecule has 1 saturated heterocycles. The van der Waals surface area contributed by atoms with Gasteiger partial charge in [-0.15, -0.1) is 0 Å². The lowest BCUT2D eigenvalue weighted by atomic mass is 9.87. The van der Waals surface area contributed by atoms with Crippen LogP contribution in [0.1, 0.15) is 5.56 Å². The number of esters is 1. The summed E-state index contributed by atoms with van der Waals surface area (Å²) >= 11 is 0. The number of methoxy groups -OCH3 is 1. The maximum absolute atomic E-state index is 12.3. The summed E-state index contributed by atoms with van der Waals surface area (Å²) in [6.45, 7) is -0.634. The average molecular weight is 334 g/mol. The quantitative estimate of drug-likeness (QED) is 0.238. The van der Waals surface area contributed by atoms with Gasteiger partial charge in [-0.2, -0.15) is 0 Å². The van der Waals surface area contributed by atoms with Crippen LogP contribution in [0.15, 0.2) is 35.4 Å². The molecule has 1 aromatic rings. The summed E-state index contributed by atoms with van der Waals surface area (Å²) in [5, 5.41) is 22.5. The first-order valence-electron chi connectivity index (χ1n) is 7.32. The van der Waals surface area contributed by atoms with Gasteiger partial charge in [0.05, 0.1) is 25.9 Å². The number of aliphatic hydroxyl groups is 2. The maximum atomic E-state index is 12.3. The average Bonchev–Trinajstić information content (AvgIpc) is 2.62. The minimum Gasteiger partial charge on any atom is -0.467 e. The normalized spacial score (nSPS) is 22.1. The molecule has 0 aromatic heterocycles. The molecule has 0 saturated carbocycles. The zero-order chi connectivity index (χ0) is 17.7. The second kappa shape index (κ2) is 7.78. The van der Waals surface area contributed by atoms with E-state index in [0.717, 1.165) is 10.5 Å². The summed E-state index contributed by atoms with van der Waals surface area (Å²) in [4.78, 5) is 28.2. The highest BCUT2D eigenvalue weighted by Gasteiger charge is 2.54. The zero-order valence-electron chi connectivity index (χ0n) is 13.0. The molecule has 0 aliphatic carbocycles. The highest BCUT2D eigenvalue weighted by atomic mass is 16.5. The van der Waals surface area contributed by atoms with Crippen LogP contribution in [0, 0.1) is 0 Å². The van der Waals surface area contributed by atoms with E-state index in [1.54, 1.807) is 24.3 Å². The Bertz CT molecular complexity index is 647. The van der Waals surface area contributed by atoms with Crippen LogP contribution < -0.4 is 0 Å². The lowest BCUT2D eigenvalue weighted by Gasteiger charge is -2.49. The molecule has 1 amide bonds. The number of aliphatic hydroxyl groups excluding tert-OH is 2. The Kier molecular flexibility index (Phi) is 5.75. The third-order valence-electron chi connectivity index (χ3n) is 3.99. The van der Waals surface area contributed by atoms with Gasteiger partial charge in [0.15, 0.2) is 0 Å². The van der Waals surface area contributed by atoms with Crippen molar-refractivity contribution in [2.75, 3.05) is 13.7 Å². The highest BCUT2D eigenvalue weighted by molar-refractivity contribution is 5.94. The first-order valence-corrected chi connectivity index (χ1v) is 7.32. The number of hydrogen-bond acceptors (Lipinski definition) is 6. The third-order valence-corrected chi connectivity index (χ3v) is 3.99. The molecule has 1 aliphatic heterocycles. The summed E-state index contributed by atoms with van der Waals surface area (Å²) in [7, 11) is 1.20. The van der Waals surface area contributed by atoms with E-state index in [4.69, 9.17) is 10.3 Å². The summed E-state index contributed by atoms with van der Waals surface area (Å²) in [6.07, 6.45) is -1.15. The van der Waals surface area contributed by atoms with Crippen molar-refractivity contribution in [1.29, 1.82) is 0 Å². The highest BCUT2D eigenvalue weighted by Crippen LogP contribution is 2.30. The van der Waals surface area contributed by atoms with Crippen molar-refractivity contribution in [3.05, 3.63) is 46.3 Å². The smallest absolute Gasteiger partial charge is 0.328 e. The minimum atomic E-state index is -1.33.